The number of nitrogens with one attached hydrogen (secondary N) is 1. The Morgan fingerprint density at radius 2 is 2.17 bits per heavy atom. The topological polar surface area (TPSA) is 28.2 Å². The highest BCUT2D eigenvalue weighted by Gasteiger charge is 2.19. The van der Waals surface area contributed by atoms with E-state index < -0.39 is 0 Å². The highest BCUT2D eigenvalue weighted by molar-refractivity contribution is 6.31. The van der Waals surface area contributed by atoms with Gasteiger partial charge in [-0.25, -0.2) is 4.98 Å². The zero-order valence-corrected chi connectivity index (χ0v) is 12.0. The lowest BCUT2D eigenvalue weighted by Crippen LogP contribution is -2.40. The quantitative estimate of drug-likeness (QED) is 0.849. The predicted octanol–water partition coefficient (Wildman–Crippen LogP) is 3.27. The van der Waals surface area contributed by atoms with E-state index in [4.69, 9.17) is 11.6 Å². The second kappa shape index (κ2) is 6.39. The number of aromatic nitrogens is 1. The Labute approximate surface area is 115 Å². The maximum atomic E-state index is 6.06. The standard InChI is InChI=1S/C14H22ClN3/c1-11(2)10-18-8-5-12(6-9-18)17-13-4-3-7-16-14(13)15/h3-4,7,11-12,17H,5-6,8-10H2,1-2H3. The number of piperidine rings is 1. The highest BCUT2D eigenvalue weighted by Crippen LogP contribution is 2.22. The van der Waals surface area contributed by atoms with Crippen molar-refractivity contribution in [2.24, 2.45) is 5.92 Å². The van der Waals surface area contributed by atoms with Gasteiger partial charge < -0.3 is 10.2 Å². The van der Waals surface area contributed by atoms with Crippen LogP contribution in [-0.2, 0) is 0 Å². The molecular formula is C14H22ClN3. The Morgan fingerprint density at radius 3 is 2.78 bits per heavy atom. The van der Waals surface area contributed by atoms with Crippen LogP contribution in [0.3, 0.4) is 0 Å². The first-order valence-electron chi connectivity index (χ1n) is 6.74. The molecule has 0 bridgehead atoms. The van der Waals surface area contributed by atoms with E-state index in [-0.39, 0.29) is 0 Å². The zero-order valence-electron chi connectivity index (χ0n) is 11.2. The lowest BCUT2D eigenvalue weighted by Gasteiger charge is -2.33. The van der Waals surface area contributed by atoms with E-state index in [1.807, 2.05) is 12.1 Å². The number of anilines is 1. The minimum Gasteiger partial charge on any atom is -0.380 e. The third kappa shape index (κ3) is 3.85. The molecule has 1 aromatic rings. The summed E-state index contributed by atoms with van der Waals surface area (Å²) in [7, 11) is 0. The number of nitrogens with zero attached hydrogens (tertiary/aromatic N) is 2. The van der Waals surface area contributed by atoms with Crippen molar-refractivity contribution in [1.29, 1.82) is 0 Å². The normalized spacial score (nSPS) is 18.2. The molecule has 0 saturated carbocycles. The summed E-state index contributed by atoms with van der Waals surface area (Å²) >= 11 is 6.06. The summed E-state index contributed by atoms with van der Waals surface area (Å²) in [5, 5.41) is 4.07. The van der Waals surface area contributed by atoms with Crippen LogP contribution in [0.1, 0.15) is 26.7 Å². The molecule has 2 rings (SSSR count). The molecule has 0 aromatic carbocycles. The van der Waals surface area contributed by atoms with E-state index in [1.165, 1.54) is 32.5 Å². The first kappa shape index (κ1) is 13.6. The molecule has 1 aliphatic rings. The molecule has 0 atom stereocenters. The summed E-state index contributed by atoms with van der Waals surface area (Å²) < 4.78 is 0. The molecule has 4 heteroatoms. The summed E-state index contributed by atoms with van der Waals surface area (Å²) in [6.07, 6.45) is 4.08. The molecule has 1 aromatic heterocycles. The number of likely N-dealkylation sites (tertiary alicyclic amines) is 1. The number of hydrogen-bond donors (Lipinski definition) is 1. The number of rotatable bonds is 4. The minimum atomic E-state index is 0.523. The van der Waals surface area contributed by atoms with Gasteiger partial charge in [-0.15, -0.1) is 0 Å². The van der Waals surface area contributed by atoms with Crippen molar-refractivity contribution in [1.82, 2.24) is 9.88 Å². The lowest BCUT2D eigenvalue weighted by molar-refractivity contribution is 0.198. The minimum absolute atomic E-state index is 0.523. The summed E-state index contributed by atoms with van der Waals surface area (Å²) in [6.45, 7) is 8.11. The number of pyridine rings is 1. The Bertz CT molecular complexity index is 373. The van der Waals surface area contributed by atoms with Crippen LogP contribution in [-0.4, -0.2) is 35.6 Å². The predicted molar refractivity (Wildman–Crippen MR) is 77.2 cm³/mol. The zero-order chi connectivity index (χ0) is 13.0. The van der Waals surface area contributed by atoms with Crippen LogP contribution in [0.15, 0.2) is 18.3 Å². The van der Waals surface area contributed by atoms with Gasteiger partial charge in [-0.1, -0.05) is 25.4 Å². The summed E-state index contributed by atoms with van der Waals surface area (Å²) in [5.74, 6) is 0.752. The van der Waals surface area contributed by atoms with E-state index >= 15 is 0 Å². The Morgan fingerprint density at radius 1 is 1.44 bits per heavy atom. The molecule has 2 heterocycles. The van der Waals surface area contributed by atoms with E-state index in [0.29, 0.717) is 11.2 Å². The van der Waals surface area contributed by atoms with E-state index in [0.717, 1.165) is 11.6 Å². The van der Waals surface area contributed by atoms with Crippen LogP contribution in [0, 0.1) is 5.92 Å². The highest BCUT2D eigenvalue weighted by atomic mass is 35.5. The Hall–Kier alpha value is -0.800. The van der Waals surface area contributed by atoms with Crippen LogP contribution in [0.2, 0.25) is 5.15 Å². The Kier molecular flexibility index (Phi) is 4.84. The first-order chi connectivity index (χ1) is 8.65. The molecule has 0 amide bonds. The van der Waals surface area contributed by atoms with Crippen LogP contribution in [0.25, 0.3) is 0 Å². The largest absolute Gasteiger partial charge is 0.380 e. The van der Waals surface area contributed by atoms with Crippen molar-refractivity contribution in [2.75, 3.05) is 25.0 Å². The maximum absolute atomic E-state index is 6.06. The summed E-state index contributed by atoms with van der Waals surface area (Å²) in [5.41, 5.74) is 0.960. The monoisotopic (exact) mass is 267 g/mol. The molecule has 0 spiro atoms. The SMILES string of the molecule is CC(C)CN1CCC(Nc2cccnc2Cl)CC1. The fourth-order valence-electron chi connectivity index (χ4n) is 2.49. The van der Waals surface area contributed by atoms with Crippen molar-refractivity contribution in [3.8, 4) is 0 Å². The van der Waals surface area contributed by atoms with Gasteiger partial charge in [-0.3, -0.25) is 0 Å². The van der Waals surface area contributed by atoms with Crippen molar-refractivity contribution < 1.29 is 0 Å². The van der Waals surface area contributed by atoms with Crippen LogP contribution in [0.4, 0.5) is 5.69 Å². The van der Waals surface area contributed by atoms with Crippen LogP contribution < -0.4 is 5.32 Å². The molecular weight excluding hydrogens is 246 g/mol. The van der Waals surface area contributed by atoms with Gasteiger partial charge in [-0.05, 0) is 30.9 Å². The van der Waals surface area contributed by atoms with Gasteiger partial charge in [0.15, 0.2) is 5.15 Å². The molecule has 0 aliphatic carbocycles. The molecule has 100 valence electrons. The molecule has 1 N–H and O–H groups in total. The fraction of sp³-hybridized carbons (Fsp3) is 0.643. The molecule has 3 nitrogen and oxygen atoms in total. The molecule has 1 saturated heterocycles. The van der Waals surface area contributed by atoms with Crippen LogP contribution >= 0.6 is 11.6 Å². The second-order valence-corrected chi connectivity index (χ2v) is 5.81. The summed E-state index contributed by atoms with van der Waals surface area (Å²) in [4.78, 5) is 6.64. The average Bonchev–Trinajstić information content (AvgIpc) is 2.34. The van der Waals surface area contributed by atoms with E-state index in [9.17, 15) is 0 Å². The van der Waals surface area contributed by atoms with Crippen molar-refractivity contribution in [2.45, 2.75) is 32.7 Å². The third-order valence-electron chi connectivity index (χ3n) is 3.33. The molecule has 0 radical (unpaired) electrons. The first-order valence-corrected chi connectivity index (χ1v) is 7.12. The van der Waals surface area contributed by atoms with Crippen molar-refractivity contribution in [3.63, 3.8) is 0 Å². The average molecular weight is 268 g/mol. The van der Waals surface area contributed by atoms with Crippen molar-refractivity contribution in [3.05, 3.63) is 23.5 Å². The Balaban J connectivity index is 1.82. The molecule has 18 heavy (non-hydrogen) atoms. The van der Waals surface area contributed by atoms with E-state index in [1.54, 1.807) is 6.20 Å². The number of hydrogen-bond acceptors (Lipinski definition) is 3. The molecule has 1 fully saturated rings. The van der Waals surface area contributed by atoms with Gasteiger partial charge in [0.25, 0.3) is 0 Å². The molecule has 0 unspecified atom stereocenters. The van der Waals surface area contributed by atoms with Crippen molar-refractivity contribution >= 4 is 17.3 Å². The van der Waals surface area contributed by atoms with Gasteiger partial charge in [0.1, 0.15) is 0 Å². The smallest absolute Gasteiger partial charge is 0.152 e. The molecule has 1 aliphatic heterocycles. The van der Waals surface area contributed by atoms with E-state index in [2.05, 4.69) is 29.0 Å². The van der Waals surface area contributed by atoms with Crippen LogP contribution in [0.5, 0.6) is 0 Å². The third-order valence-corrected chi connectivity index (χ3v) is 3.63. The maximum Gasteiger partial charge on any atom is 0.152 e. The lowest BCUT2D eigenvalue weighted by atomic mass is 10.0. The second-order valence-electron chi connectivity index (χ2n) is 5.45. The van der Waals surface area contributed by atoms with Gasteiger partial charge in [-0.2, -0.15) is 0 Å². The summed E-state index contributed by atoms with van der Waals surface area (Å²) in [6, 6.07) is 4.44. The van der Waals surface area contributed by atoms with Gasteiger partial charge in [0.2, 0.25) is 0 Å². The number of halogens is 1. The fourth-order valence-corrected chi connectivity index (χ4v) is 2.66. The van der Waals surface area contributed by atoms with Gasteiger partial charge in [0, 0.05) is 31.9 Å². The van der Waals surface area contributed by atoms with Gasteiger partial charge in [0.05, 0.1) is 5.69 Å². The van der Waals surface area contributed by atoms with Gasteiger partial charge >= 0.3 is 0 Å².